The molecule has 0 aromatic carbocycles. The summed E-state index contributed by atoms with van der Waals surface area (Å²) in [6.07, 6.45) is 4.08. The van der Waals surface area contributed by atoms with Gasteiger partial charge >= 0.3 is 0 Å². The minimum Gasteiger partial charge on any atom is -0.316 e. The summed E-state index contributed by atoms with van der Waals surface area (Å²) in [7, 11) is 0. The maximum atomic E-state index is 9.14. The Hall–Kier alpha value is -1.57. The Balaban J connectivity index is 2.16. The van der Waals surface area contributed by atoms with E-state index in [2.05, 4.69) is 16.4 Å². The molecule has 3 heterocycles. The Bertz CT molecular complexity index is 620. The number of nitriles is 1. The van der Waals surface area contributed by atoms with Crippen molar-refractivity contribution in [2.24, 2.45) is 0 Å². The standard InChI is InChI=1S/C13H13ClN4/c14-10-3-4-12-11(6-15)17-13(18(12)8-10)9-2-1-5-16-7-9/h3-4,8-9,16H,1-2,5,7H2. The minimum atomic E-state index is 0.354. The maximum absolute atomic E-state index is 9.14. The Kier molecular flexibility index (Phi) is 2.94. The smallest absolute Gasteiger partial charge is 0.166 e. The van der Waals surface area contributed by atoms with Gasteiger partial charge in [-0.15, -0.1) is 0 Å². The quantitative estimate of drug-likeness (QED) is 0.856. The van der Waals surface area contributed by atoms with Gasteiger partial charge in [0.1, 0.15) is 11.9 Å². The van der Waals surface area contributed by atoms with Crippen LogP contribution in [0.4, 0.5) is 0 Å². The van der Waals surface area contributed by atoms with Crippen LogP contribution in [0.15, 0.2) is 18.3 Å². The monoisotopic (exact) mass is 260 g/mol. The van der Waals surface area contributed by atoms with E-state index in [-0.39, 0.29) is 0 Å². The summed E-state index contributed by atoms with van der Waals surface area (Å²) < 4.78 is 1.96. The fraction of sp³-hybridized carbons (Fsp3) is 0.385. The second-order valence-corrected chi connectivity index (χ2v) is 5.01. The average Bonchev–Trinajstić information content (AvgIpc) is 2.77. The summed E-state index contributed by atoms with van der Waals surface area (Å²) in [6, 6.07) is 5.80. The number of fused-ring (bicyclic) bond motifs is 1. The lowest BCUT2D eigenvalue weighted by Crippen LogP contribution is -2.29. The molecule has 0 spiro atoms. The van der Waals surface area contributed by atoms with E-state index in [9.17, 15) is 0 Å². The highest BCUT2D eigenvalue weighted by Gasteiger charge is 2.21. The summed E-state index contributed by atoms with van der Waals surface area (Å²) in [5.41, 5.74) is 1.31. The van der Waals surface area contributed by atoms with Crippen molar-refractivity contribution in [1.29, 1.82) is 5.26 Å². The van der Waals surface area contributed by atoms with Gasteiger partial charge in [-0.05, 0) is 31.5 Å². The Morgan fingerprint density at radius 1 is 1.50 bits per heavy atom. The van der Waals surface area contributed by atoms with Gasteiger partial charge in [-0.2, -0.15) is 5.26 Å². The van der Waals surface area contributed by atoms with Crippen LogP contribution in [0.1, 0.15) is 30.3 Å². The van der Waals surface area contributed by atoms with E-state index in [0.717, 1.165) is 37.3 Å². The molecular weight excluding hydrogens is 248 g/mol. The molecule has 1 N–H and O–H groups in total. The van der Waals surface area contributed by atoms with Gasteiger partial charge in [0.25, 0.3) is 0 Å². The van der Waals surface area contributed by atoms with Gasteiger partial charge in [-0.3, -0.25) is 0 Å². The molecule has 2 aromatic heterocycles. The van der Waals surface area contributed by atoms with Crippen LogP contribution in [0, 0.1) is 11.3 Å². The molecule has 0 aliphatic carbocycles. The van der Waals surface area contributed by atoms with E-state index in [1.807, 2.05) is 16.7 Å². The summed E-state index contributed by atoms with van der Waals surface area (Å²) in [5, 5.41) is 13.2. The molecule has 4 nitrogen and oxygen atoms in total. The number of imidazole rings is 1. The van der Waals surface area contributed by atoms with E-state index < -0.39 is 0 Å². The van der Waals surface area contributed by atoms with E-state index in [1.54, 1.807) is 6.07 Å². The van der Waals surface area contributed by atoms with Crippen LogP contribution in [0.5, 0.6) is 0 Å². The Morgan fingerprint density at radius 3 is 3.11 bits per heavy atom. The Morgan fingerprint density at radius 2 is 2.39 bits per heavy atom. The first-order chi connectivity index (χ1) is 8.79. The second kappa shape index (κ2) is 4.60. The molecule has 5 heteroatoms. The summed E-state index contributed by atoms with van der Waals surface area (Å²) in [6.45, 7) is 1.97. The maximum Gasteiger partial charge on any atom is 0.166 e. The zero-order chi connectivity index (χ0) is 12.5. The fourth-order valence-electron chi connectivity index (χ4n) is 2.53. The molecule has 0 saturated carbocycles. The topological polar surface area (TPSA) is 53.1 Å². The number of nitrogens with one attached hydrogen (secondary N) is 1. The highest BCUT2D eigenvalue weighted by molar-refractivity contribution is 6.30. The highest BCUT2D eigenvalue weighted by atomic mass is 35.5. The number of piperidine rings is 1. The molecule has 3 rings (SSSR count). The van der Waals surface area contributed by atoms with Gasteiger partial charge < -0.3 is 9.72 Å². The largest absolute Gasteiger partial charge is 0.316 e. The lowest BCUT2D eigenvalue weighted by Gasteiger charge is -2.21. The molecule has 92 valence electrons. The van der Waals surface area contributed by atoms with Crippen LogP contribution in [0.25, 0.3) is 5.52 Å². The van der Waals surface area contributed by atoms with Crippen LogP contribution >= 0.6 is 11.6 Å². The number of pyridine rings is 1. The molecule has 1 aliphatic rings. The van der Waals surface area contributed by atoms with Gasteiger partial charge in [0.05, 0.1) is 10.5 Å². The van der Waals surface area contributed by atoms with Crippen LogP contribution in [0.3, 0.4) is 0 Å². The number of nitrogens with zero attached hydrogens (tertiary/aromatic N) is 3. The van der Waals surface area contributed by atoms with Crippen LogP contribution in [-0.4, -0.2) is 22.5 Å². The third kappa shape index (κ3) is 1.86. The zero-order valence-electron chi connectivity index (χ0n) is 9.86. The first kappa shape index (κ1) is 11.5. The van der Waals surface area contributed by atoms with Crippen molar-refractivity contribution < 1.29 is 0 Å². The molecule has 2 aromatic rings. The van der Waals surface area contributed by atoms with E-state index in [0.29, 0.717) is 16.6 Å². The highest BCUT2D eigenvalue weighted by Crippen LogP contribution is 2.26. The molecule has 0 radical (unpaired) electrons. The second-order valence-electron chi connectivity index (χ2n) is 4.58. The molecule has 1 atom stereocenters. The lowest BCUT2D eigenvalue weighted by atomic mass is 9.99. The van der Waals surface area contributed by atoms with Crippen molar-refractivity contribution in [1.82, 2.24) is 14.7 Å². The van der Waals surface area contributed by atoms with E-state index in [4.69, 9.17) is 16.9 Å². The van der Waals surface area contributed by atoms with Crippen molar-refractivity contribution in [2.45, 2.75) is 18.8 Å². The number of rotatable bonds is 1. The lowest BCUT2D eigenvalue weighted by molar-refractivity contribution is 0.445. The van der Waals surface area contributed by atoms with Crippen molar-refractivity contribution >= 4 is 17.1 Å². The SMILES string of the molecule is N#Cc1nc(C2CCCNC2)n2cc(Cl)ccc12. The van der Waals surface area contributed by atoms with Gasteiger partial charge in [0.15, 0.2) is 5.69 Å². The number of aromatic nitrogens is 2. The minimum absolute atomic E-state index is 0.354. The van der Waals surface area contributed by atoms with E-state index >= 15 is 0 Å². The molecular formula is C13H13ClN4. The third-order valence-corrected chi connectivity index (χ3v) is 3.62. The van der Waals surface area contributed by atoms with Gasteiger partial charge in [-0.1, -0.05) is 11.6 Å². The molecule has 1 fully saturated rings. The molecule has 1 saturated heterocycles. The normalized spacial score (nSPS) is 19.9. The number of hydrogen-bond donors (Lipinski definition) is 1. The van der Waals surface area contributed by atoms with Crippen molar-refractivity contribution in [3.8, 4) is 6.07 Å². The van der Waals surface area contributed by atoms with Crippen LogP contribution in [0.2, 0.25) is 5.02 Å². The Labute approximate surface area is 110 Å². The summed E-state index contributed by atoms with van der Waals surface area (Å²) in [5.74, 6) is 1.29. The van der Waals surface area contributed by atoms with Crippen LogP contribution < -0.4 is 5.32 Å². The molecule has 0 amide bonds. The molecule has 1 unspecified atom stereocenters. The zero-order valence-corrected chi connectivity index (χ0v) is 10.6. The average molecular weight is 261 g/mol. The molecule has 18 heavy (non-hydrogen) atoms. The molecule has 0 bridgehead atoms. The van der Waals surface area contributed by atoms with Crippen molar-refractivity contribution in [2.75, 3.05) is 13.1 Å². The predicted molar refractivity (Wildman–Crippen MR) is 69.8 cm³/mol. The summed E-state index contributed by atoms with van der Waals surface area (Å²) in [4.78, 5) is 4.48. The van der Waals surface area contributed by atoms with Gasteiger partial charge in [0, 0.05) is 18.7 Å². The van der Waals surface area contributed by atoms with Crippen molar-refractivity contribution in [3.05, 3.63) is 34.9 Å². The summed E-state index contributed by atoms with van der Waals surface area (Å²) >= 11 is 6.03. The van der Waals surface area contributed by atoms with E-state index in [1.165, 1.54) is 0 Å². The first-order valence-corrected chi connectivity index (χ1v) is 6.45. The number of hydrogen-bond acceptors (Lipinski definition) is 3. The fourth-order valence-corrected chi connectivity index (χ4v) is 2.69. The number of halogens is 1. The molecule has 1 aliphatic heterocycles. The van der Waals surface area contributed by atoms with Crippen molar-refractivity contribution in [3.63, 3.8) is 0 Å². The van der Waals surface area contributed by atoms with Gasteiger partial charge in [-0.25, -0.2) is 4.98 Å². The van der Waals surface area contributed by atoms with Crippen LogP contribution in [-0.2, 0) is 0 Å². The third-order valence-electron chi connectivity index (χ3n) is 3.40. The predicted octanol–water partition coefficient (Wildman–Crippen LogP) is 2.33. The van der Waals surface area contributed by atoms with Gasteiger partial charge in [0.2, 0.25) is 0 Å². The first-order valence-electron chi connectivity index (χ1n) is 6.08.